The molecule has 5 atom stereocenters. The van der Waals surface area contributed by atoms with E-state index in [0.29, 0.717) is 11.2 Å². The monoisotopic (exact) mass is 445 g/mol. The Labute approximate surface area is 182 Å². The van der Waals surface area contributed by atoms with Crippen molar-refractivity contribution < 1.29 is 34.7 Å². The van der Waals surface area contributed by atoms with Gasteiger partial charge in [0, 0.05) is 6.42 Å². The first-order valence-electron chi connectivity index (χ1n) is 9.85. The third-order valence-electron chi connectivity index (χ3n) is 5.32. The van der Waals surface area contributed by atoms with E-state index in [1.165, 1.54) is 36.5 Å². The van der Waals surface area contributed by atoms with Gasteiger partial charge in [0.2, 0.25) is 0 Å². The highest BCUT2D eigenvalue weighted by Gasteiger charge is 2.44. The van der Waals surface area contributed by atoms with E-state index in [1.807, 2.05) is 0 Å². The number of fused-ring (bicyclic) bond motifs is 1. The minimum atomic E-state index is -1.30. The number of hydrogen-bond acceptors (Lipinski definition) is 11. The average molecular weight is 445 g/mol. The summed E-state index contributed by atoms with van der Waals surface area (Å²) in [5, 5.41) is 42.2. The standard InChI is InChI=1S/C20H23N5O7/c1-31-20(30)12(6-10-2-4-11(27)5-3-10)24-17-14-18(22-8-21-17)25(9-23-14)19-16(29)15(28)13(7-26)32-19/h2-5,8-9,12-13,15-16,19,26-29H,6-7H2,1H3,(H,21,22,24)/t12-,13+,15+,16+,19+/m0/s1. The lowest BCUT2D eigenvalue weighted by Gasteiger charge is -2.18. The molecule has 2 aromatic heterocycles. The van der Waals surface area contributed by atoms with Gasteiger partial charge in [0.25, 0.3) is 0 Å². The molecule has 0 amide bonds. The molecule has 1 fully saturated rings. The molecule has 170 valence electrons. The van der Waals surface area contributed by atoms with Crippen LogP contribution in [0.3, 0.4) is 0 Å². The highest BCUT2D eigenvalue weighted by atomic mass is 16.6. The lowest BCUT2D eigenvalue weighted by molar-refractivity contribution is -0.141. The summed E-state index contributed by atoms with van der Waals surface area (Å²) in [6.45, 7) is -0.457. The summed E-state index contributed by atoms with van der Waals surface area (Å²) in [6.07, 6.45) is -1.63. The number of anilines is 1. The van der Waals surface area contributed by atoms with Crippen LogP contribution in [0.1, 0.15) is 11.8 Å². The number of aromatic hydroxyl groups is 1. The van der Waals surface area contributed by atoms with Crippen molar-refractivity contribution in [3.05, 3.63) is 42.5 Å². The number of benzene rings is 1. The van der Waals surface area contributed by atoms with Gasteiger partial charge in [-0.2, -0.15) is 0 Å². The summed E-state index contributed by atoms with van der Waals surface area (Å²) in [5.74, 6) is -0.147. The molecule has 1 aromatic carbocycles. The Bertz CT molecular complexity index is 1090. The average Bonchev–Trinajstić information content (AvgIpc) is 3.35. The summed E-state index contributed by atoms with van der Waals surface area (Å²) in [6, 6.07) is 5.63. The van der Waals surface area contributed by atoms with Crippen LogP contribution in [0.5, 0.6) is 5.75 Å². The summed E-state index contributed by atoms with van der Waals surface area (Å²) in [5.41, 5.74) is 1.39. The molecule has 1 aliphatic rings. The summed E-state index contributed by atoms with van der Waals surface area (Å²) < 4.78 is 11.9. The molecule has 1 saturated heterocycles. The van der Waals surface area contributed by atoms with Gasteiger partial charge >= 0.3 is 5.97 Å². The number of aromatic nitrogens is 4. The van der Waals surface area contributed by atoms with E-state index in [1.54, 1.807) is 12.1 Å². The highest BCUT2D eigenvalue weighted by Crippen LogP contribution is 2.32. The van der Waals surface area contributed by atoms with E-state index in [-0.39, 0.29) is 18.0 Å². The van der Waals surface area contributed by atoms with E-state index in [2.05, 4.69) is 20.3 Å². The molecule has 3 heterocycles. The topological polar surface area (TPSA) is 172 Å². The fourth-order valence-corrected chi connectivity index (χ4v) is 3.62. The van der Waals surface area contributed by atoms with Crippen LogP contribution in [-0.2, 0) is 20.7 Å². The zero-order valence-electron chi connectivity index (χ0n) is 17.1. The minimum Gasteiger partial charge on any atom is -0.508 e. The van der Waals surface area contributed by atoms with Crippen molar-refractivity contribution in [2.24, 2.45) is 0 Å². The maximum Gasteiger partial charge on any atom is 0.328 e. The molecule has 0 aliphatic carbocycles. The summed E-state index contributed by atoms with van der Waals surface area (Å²) in [4.78, 5) is 25.0. The van der Waals surface area contributed by atoms with Crippen LogP contribution in [0.2, 0.25) is 0 Å². The lowest BCUT2D eigenvalue weighted by Crippen LogP contribution is -2.33. The van der Waals surface area contributed by atoms with Crippen LogP contribution in [0, 0.1) is 0 Å². The molecule has 32 heavy (non-hydrogen) atoms. The number of aliphatic hydroxyl groups excluding tert-OH is 3. The fraction of sp³-hybridized carbons (Fsp3) is 0.400. The Morgan fingerprint density at radius 2 is 1.97 bits per heavy atom. The number of ether oxygens (including phenoxy) is 2. The molecule has 12 nitrogen and oxygen atoms in total. The Hall–Kier alpha value is -3.32. The van der Waals surface area contributed by atoms with Crippen LogP contribution < -0.4 is 5.32 Å². The second kappa shape index (κ2) is 9.04. The number of nitrogens with one attached hydrogen (secondary N) is 1. The number of aliphatic hydroxyl groups is 3. The number of nitrogens with zero attached hydrogens (tertiary/aromatic N) is 4. The number of imidazole rings is 1. The van der Waals surface area contributed by atoms with Crippen molar-refractivity contribution in [3.63, 3.8) is 0 Å². The minimum absolute atomic E-state index is 0.115. The van der Waals surface area contributed by atoms with Crippen LogP contribution in [0.15, 0.2) is 36.9 Å². The van der Waals surface area contributed by atoms with Gasteiger partial charge in [0.05, 0.1) is 20.0 Å². The largest absolute Gasteiger partial charge is 0.508 e. The van der Waals surface area contributed by atoms with Gasteiger partial charge < -0.3 is 35.2 Å². The van der Waals surface area contributed by atoms with Crippen LogP contribution in [-0.4, -0.2) is 84.0 Å². The summed E-state index contributed by atoms with van der Waals surface area (Å²) >= 11 is 0. The van der Waals surface area contributed by atoms with Crippen LogP contribution in [0.4, 0.5) is 5.82 Å². The molecule has 12 heteroatoms. The maximum absolute atomic E-state index is 12.4. The molecule has 1 aliphatic heterocycles. The number of methoxy groups -OCH3 is 1. The molecule has 0 unspecified atom stereocenters. The van der Waals surface area contributed by atoms with E-state index >= 15 is 0 Å². The number of esters is 1. The van der Waals surface area contributed by atoms with Gasteiger partial charge in [-0.05, 0) is 17.7 Å². The number of phenols is 1. The van der Waals surface area contributed by atoms with Crippen molar-refractivity contribution in [1.82, 2.24) is 19.5 Å². The number of carbonyl (C=O) groups is 1. The third-order valence-corrected chi connectivity index (χ3v) is 5.32. The molecule has 3 aromatic rings. The van der Waals surface area contributed by atoms with Crippen molar-refractivity contribution in [2.75, 3.05) is 19.0 Å². The van der Waals surface area contributed by atoms with Crippen molar-refractivity contribution in [3.8, 4) is 5.75 Å². The van der Waals surface area contributed by atoms with Crippen molar-refractivity contribution >= 4 is 23.0 Å². The lowest BCUT2D eigenvalue weighted by atomic mass is 10.1. The van der Waals surface area contributed by atoms with Gasteiger partial charge in [-0.15, -0.1) is 0 Å². The first-order chi connectivity index (χ1) is 15.4. The third kappa shape index (κ3) is 4.08. The zero-order chi connectivity index (χ0) is 22.8. The van der Waals surface area contributed by atoms with Gasteiger partial charge in [-0.1, -0.05) is 12.1 Å². The predicted molar refractivity (Wildman–Crippen MR) is 110 cm³/mol. The number of carbonyl (C=O) groups excluding carboxylic acids is 1. The normalized spacial score (nSPS) is 23.9. The summed E-state index contributed by atoms with van der Waals surface area (Å²) in [7, 11) is 1.28. The Kier molecular flexibility index (Phi) is 6.19. The van der Waals surface area contributed by atoms with Gasteiger partial charge in [0.15, 0.2) is 23.2 Å². The number of rotatable bonds is 7. The van der Waals surface area contributed by atoms with Crippen molar-refractivity contribution in [1.29, 1.82) is 0 Å². The maximum atomic E-state index is 12.4. The van der Waals surface area contributed by atoms with E-state index < -0.39 is 43.2 Å². The number of hydrogen-bond donors (Lipinski definition) is 5. The Morgan fingerprint density at radius 1 is 1.22 bits per heavy atom. The molecule has 4 rings (SSSR count). The first kappa shape index (κ1) is 21.9. The second-order valence-electron chi connectivity index (χ2n) is 7.37. The second-order valence-corrected chi connectivity index (χ2v) is 7.37. The Balaban J connectivity index is 1.62. The molecule has 0 saturated carbocycles. The van der Waals surface area contributed by atoms with E-state index in [9.17, 15) is 25.2 Å². The molecular weight excluding hydrogens is 422 g/mol. The van der Waals surface area contributed by atoms with Crippen LogP contribution >= 0.6 is 0 Å². The molecular formula is C20H23N5O7. The van der Waals surface area contributed by atoms with Gasteiger partial charge in [0.1, 0.15) is 36.4 Å². The quantitative estimate of drug-likeness (QED) is 0.292. The fourth-order valence-electron chi connectivity index (χ4n) is 3.62. The molecule has 0 bridgehead atoms. The highest BCUT2D eigenvalue weighted by molar-refractivity contribution is 5.86. The molecule has 0 radical (unpaired) electrons. The van der Waals surface area contributed by atoms with Gasteiger partial charge in [-0.25, -0.2) is 19.7 Å². The molecule has 0 spiro atoms. The van der Waals surface area contributed by atoms with E-state index in [4.69, 9.17) is 9.47 Å². The SMILES string of the molecule is COC(=O)[C@H](Cc1ccc(O)cc1)Nc1ncnc2c1ncn2[C@@H]1O[C@H](CO)[C@@H](O)[C@H]1O. The smallest absolute Gasteiger partial charge is 0.328 e. The van der Waals surface area contributed by atoms with E-state index in [0.717, 1.165) is 5.56 Å². The number of phenolic OH excluding ortho intramolecular Hbond substituents is 1. The van der Waals surface area contributed by atoms with Crippen molar-refractivity contribution in [2.45, 2.75) is 37.0 Å². The predicted octanol–water partition coefficient (Wildman–Crippen LogP) is -0.660. The first-order valence-corrected chi connectivity index (χ1v) is 9.85. The zero-order valence-corrected chi connectivity index (χ0v) is 17.1. The van der Waals surface area contributed by atoms with Crippen LogP contribution in [0.25, 0.3) is 11.2 Å². The molecule has 5 N–H and O–H groups in total. The van der Waals surface area contributed by atoms with Gasteiger partial charge in [-0.3, -0.25) is 4.57 Å². The Morgan fingerprint density at radius 3 is 2.62 bits per heavy atom.